The van der Waals surface area contributed by atoms with Crippen molar-refractivity contribution < 1.29 is 14.1 Å². The molecule has 126 valence electrons. The van der Waals surface area contributed by atoms with E-state index in [1.807, 2.05) is 4.90 Å². The number of carbonyl (C=O) groups is 2. The highest BCUT2D eigenvalue weighted by molar-refractivity contribution is 6.04. The zero-order valence-corrected chi connectivity index (χ0v) is 13.7. The standard InChI is InChI=1S/C16H19N5O3/c1-11-7-15(19-24-11)18-16(23)13-8-14(10-17-9-13)21-5-3-20(4-6-21)12(2)22/h7-10H,3-6H2,1-2H3,(H,18,19,23). The van der Waals surface area contributed by atoms with Crippen molar-refractivity contribution in [3.63, 3.8) is 0 Å². The third kappa shape index (κ3) is 3.53. The first-order valence-corrected chi connectivity index (χ1v) is 7.73. The lowest BCUT2D eigenvalue weighted by Crippen LogP contribution is -2.48. The highest BCUT2D eigenvalue weighted by Crippen LogP contribution is 2.18. The summed E-state index contributed by atoms with van der Waals surface area (Å²) < 4.78 is 4.93. The van der Waals surface area contributed by atoms with Crippen LogP contribution in [-0.2, 0) is 4.79 Å². The van der Waals surface area contributed by atoms with Gasteiger partial charge in [0.25, 0.3) is 5.91 Å². The van der Waals surface area contributed by atoms with Gasteiger partial charge in [0.2, 0.25) is 5.91 Å². The zero-order valence-electron chi connectivity index (χ0n) is 13.7. The number of pyridine rings is 1. The second-order valence-corrected chi connectivity index (χ2v) is 5.70. The molecule has 8 heteroatoms. The van der Waals surface area contributed by atoms with Gasteiger partial charge in [-0.2, -0.15) is 0 Å². The monoisotopic (exact) mass is 329 g/mol. The van der Waals surface area contributed by atoms with Crippen molar-refractivity contribution in [2.24, 2.45) is 0 Å². The molecule has 0 saturated carbocycles. The summed E-state index contributed by atoms with van der Waals surface area (Å²) in [5, 5.41) is 6.42. The maximum Gasteiger partial charge on any atom is 0.258 e. The van der Waals surface area contributed by atoms with Gasteiger partial charge in [-0.05, 0) is 13.0 Å². The van der Waals surface area contributed by atoms with Crippen LogP contribution in [0, 0.1) is 6.92 Å². The molecular formula is C16H19N5O3. The van der Waals surface area contributed by atoms with Crippen LogP contribution in [0.2, 0.25) is 0 Å². The summed E-state index contributed by atoms with van der Waals surface area (Å²) in [5.74, 6) is 0.794. The molecule has 0 aromatic carbocycles. The van der Waals surface area contributed by atoms with E-state index in [9.17, 15) is 9.59 Å². The number of amides is 2. The van der Waals surface area contributed by atoms with Crippen LogP contribution in [0.1, 0.15) is 23.0 Å². The van der Waals surface area contributed by atoms with Gasteiger partial charge in [0, 0.05) is 45.4 Å². The van der Waals surface area contributed by atoms with Crippen LogP contribution in [0.4, 0.5) is 11.5 Å². The van der Waals surface area contributed by atoms with Crippen molar-refractivity contribution in [1.29, 1.82) is 0 Å². The van der Waals surface area contributed by atoms with Gasteiger partial charge in [0.05, 0.1) is 17.4 Å². The molecule has 1 fully saturated rings. The summed E-state index contributed by atoms with van der Waals surface area (Å²) in [6.45, 7) is 6.11. The molecule has 0 aliphatic carbocycles. The fourth-order valence-corrected chi connectivity index (χ4v) is 2.62. The first kappa shape index (κ1) is 16.0. The molecule has 0 spiro atoms. The Balaban J connectivity index is 1.68. The normalized spacial score (nSPS) is 14.6. The van der Waals surface area contributed by atoms with Gasteiger partial charge in [-0.3, -0.25) is 14.6 Å². The molecule has 0 atom stereocenters. The van der Waals surface area contributed by atoms with Crippen LogP contribution in [0.5, 0.6) is 0 Å². The highest BCUT2D eigenvalue weighted by atomic mass is 16.5. The summed E-state index contributed by atoms with van der Waals surface area (Å²) in [6.07, 6.45) is 3.23. The Labute approximate surface area is 139 Å². The van der Waals surface area contributed by atoms with E-state index in [2.05, 4.69) is 20.4 Å². The second kappa shape index (κ2) is 6.69. The Bertz CT molecular complexity index is 750. The van der Waals surface area contributed by atoms with Crippen molar-refractivity contribution in [2.45, 2.75) is 13.8 Å². The van der Waals surface area contributed by atoms with Crippen LogP contribution in [0.25, 0.3) is 0 Å². The van der Waals surface area contributed by atoms with E-state index in [0.717, 1.165) is 18.8 Å². The third-order valence-corrected chi connectivity index (χ3v) is 3.95. The number of hydrogen-bond acceptors (Lipinski definition) is 6. The average Bonchev–Trinajstić information content (AvgIpc) is 3.00. The number of carbonyl (C=O) groups excluding carboxylic acids is 2. The van der Waals surface area contributed by atoms with Gasteiger partial charge >= 0.3 is 0 Å². The van der Waals surface area contributed by atoms with Crippen LogP contribution in [0.3, 0.4) is 0 Å². The topological polar surface area (TPSA) is 91.6 Å². The lowest BCUT2D eigenvalue weighted by Gasteiger charge is -2.35. The lowest BCUT2D eigenvalue weighted by molar-refractivity contribution is -0.129. The minimum atomic E-state index is -0.292. The van der Waals surface area contributed by atoms with E-state index < -0.39 is 0 Å². The Kier molecular flexibility index (Phi) is 4.45. The summed E-state index contributed by atoms with van der Waals surface area (Å²) in [5.41, 5.74) is 1.31. The van der Waals surface area contributed by atoms with Crippen molar-refractivity contribution in [3.8, 4) is 0 Å². The Morgan fingerprint density at radius 2 is 1.92 bits per heavy atom. The first-order chi connectivity index (χ1) is 11.5. The number of nitrogens with one attached hydrogen (secondary N) is 1. The summed E-state index contributed by atoms with van der Waals surface area (Å²) in [6, 6.07) is 3.44. The molecular weight excluding hydrogens is 310 g/mol. The highest BCUT2D eigenvalue weighted by Gasteiger charge is 2.20. The Morgan fingerprint density at radius 3 is 2.54 bits per heavy atom. The molecule has 8 nitrogen and oxygen atoms in total. The molecule has 1 aliphatic rings. The van der Waals surface area contributed by atoms with Crippen LogP contribution in [-0.4, -0.2) is 53.0 Å². The molecule has 24 heavy (non-hydrogen) atoms. The largest absolute Gasteiger partial charge is 0.367 e. The molecule has 0 unspecified atom stereocenters. The second-order valence-electron chi connectivity index (χ2n) is 5.70. The zero-order chi connectivity index (χ0) is 17.1. The van der Waals surface area contributed by atoms with Gasteiger partial charge in [-0.25, -0.2) is 0 Å². The number of anilines is 2. The lowest BCUT2D eigenvalue weighted by atomic mass is 10.2. The van der Waals surface area contributed by atoms with Crippen LogP contribution in [0.15, 0.2) is 29.0 Å². The number of aryl methyl sites for hydroxylation is 1. The quantitative estimate of drug-likeness (QED) is 0.912. The molecule has 0 bridgehead atoms. The molecule has 2 amide bonds. The molecule has 3 rings (SSSR count). The molecule has 2 aromatic rings. The van der Waals surface area contributed by atoms with Crippen molar-refractivity contribution in [1.82, 2.24) is 15.0 Å². The number of nitrogens with zero attached hydrogens (tertiary/aromatic N) is 4. The fraction of sp³-hybridized carbons (Fsp3) is 0.375. The minimum absolute atomic E-state index is 0.0869. The van der Waals surface area contributed by atoms with E-state index in [4.69, 9.17) is 4.52 Å². The van der Waals surface area contributed by atoms with E-state index in [1.165, 1.54) is 6.20 Å². The van der Waals surface area contributed by atoms with Crippen molar-refractivity contribution in [3.05, 3.63) is 35.9 Å². The summed E-state index contributed by atoms with van der Waals surface area (Å²) in [4.78, 5) is 31.8. The number of rotatable bonds is 3. The van der Waals surface area contributed by atoms with Crippen LogP contribution < -0.4 is 10.2 Å². The first-order valence-electron chi connectivity index (χ1n) is 7.73. The maximum absolute atomic E-state index is 12.3. The van der Waals surface area contributed by atoms with Gasteiger partial charge in [-0.1, -0.05) is 5.16 Å². The van der Waals surface area contributed by atoms with E-state index >= 15 is 0 Å². The van der Waals surface area contributed by atoms with E-state index in [0.29, 0.717) is 30.2 Å². The fourth-order valence-electron chi connectivity index (χ4n) is 2.62. The summed E-state index contributed by atoms with van der Waals surface area (Å²) in [7, 11) is 0. The number of piperazine rings is 1. The Morgan fingerprint density at radius 1 is 1.17 bits per heavy atom. The molecule has 1 N–H and O–H groups in total. The van der Waals surface area contributed by atoms with Gasteiger partial charge in [0.1, 0.15) is 5.76 Å². The number of hydrogen-bond donors (Lipinski definition) is 1. The van der Waals surface area contributed by atoms with E-state index in [-0.39, 0.29) is 11.8 Å². The van der Waals surface area contributed by atoms with E-state index in [1.54, 1.807) is 32.2 Å². The Hall–Kier alpha value is -2.90. The number of aromatic nitrogens is 2. The predicted molar refractivity (Wildman–Crippen MR) is 87.9 cm³/mol. The smallest absolute Gasteiger partial charge is 0.258 e. The van der Waals surface area contributed by atoms with Gasteiger partial charge < -0.3 is 19.6 Å². The molecule has 1 aliphatic heterocycles. The molecule has 3 heterocycles. The SMILES string of the molecule is CC(=O)N1CCN(c2cncc(C(=O)Nc3cc(C)on3)c2)CC1. The molecule has 0 radical (unpaired) electrons. The molecule has 1 saturated heterocycles. The van der Waals surface area contributed by atoms with Crippen LogP contribution >= 0.6 is 0 Å². The summed E-state index contributed by atoms with van der Waals surface area (Å²) >= 11 is 0. The van der Waals surface area contributed by atoms with Crippen molar-refractivity contribution >= 4 is 23.3 Å². The van der Waals surface area contributed by atoms with Crippen molar-refractivity contribution in [2.75, 3.05) is 36.4 Å². The minimum Gasteiger partial charge on any atom is -0.367 e. The third-order valence-electron chi connectivity index (χ3n) is 3.95. The average molecular weight is 329 g/mol. The van der Waals surface area contributed by atoms with Gasteiger partial charge in [-0.15, -0.1) is 0 Å². The maximum atomic E-state index is 12.3. The predicted octanol–water partition coefficient (Wildman–Crippen LogP) is 1.30. The van der Waals surface area contributed by atoms with Gasteiger partial charge in [0.15, 0.2) is 5.82 Å². The molecule has 2 aromatic heterocycles.